The zero-order valence-electron chi connectivity index (χ0n) is 13.0. The van der Waals surface area contributed by atoms with Crippen LogP contribution < -0.4 is 9.47 Å². The Morgan fingerprint density at radius 2 is 1.63 bits per heavy atom. The topological polar surface area (TPSA) is 18.5 Å². The molecule has 1 rings (SSSR count). The smallest absolute Gasteiger partial charge is 0.160 e. The highest BCUT2D eigenvalue weighted by Gasteiger charge is 2.07. The van der Waals surface area contributed by atoms with Gasteiger partial charge in [-0.2, -0.15) is 0 Å². The summed E-state index contributed by atoms with van der Waals surface area (Å²) in [5.74, 6) is 3.25. The number of aryl methyl sites for hydroxylation is 1. The van der Waals surface area contributed by atoms with Gasteiger partial charge in [-0.1, -0.05) is 39.7 Å². The summed E-state index contributed by atoms with van der Waals surface area (Å²) < 4.78 is 10.6. The molecule has 108 valence electrons. The number of ether oxygens (including phenoxy) is 2. The molecule has 0 radical (unpaired) electrons. The molecule has 19 heavy (non-hydrogen) atoms. The number of hydrogen-bond donors (Lipinski definition) is 0. The maximum atomic E-state index is 5.33. The van der Waals surface area contributed by atoms with Crippen LogP contribution in [-0.2, 0) is 6.42 Å². The highest BCUT2D eigenvalue weighted by atomic mass is 16.5. The first-order valence-corrected chi connectivity index (χ1v) is 7.29. The molecule has 0 saturated heterocycles. The average molecular weight is 264 g/mol. The second kappa shape index (κ2) is 8.08. The summed E-state index contributed by atoms with van der Waals surface area (Å²) in [6.45, 7) is 6.96. The van der Waals surface area contributed by atoms with Gasteiger partial charge in [0, 0.05) is 0 Å². The lowest BCUT2D eigenvalue weighted by molar-refractivity contribution is 0.354. The normalized spacial score (nSPS) is 12.5. The highest BCUT2D eigenvalue weighted by Crippen LogP contribution is 2.28. The van der Waals surface area contributed by atoms with Crippen LogP contribution >= 0.6 is 0 Å². The van der Waals surface area contributed by atoms with Crippen molar-refractivity contribution in [3.8, 4) is 11.5 Å². The van der Waals surface area contributed by atoms with Crippen LogP contribution in [0.1, 0.15) is 45.6 Å². The summed E-state index contributed by atoms with van der Waals surface area (Å²) in [5.41, 5.74) is 1.33. The molecule has 0 saturated carbocycles. The first-order valence-electron chi connectivity index (χ1n) is 7.29. The van der Waals surface area contributed by atoms with E-state index in [1.165, 1.54) is 24.8 Å². The second-order valence-corrected chi connectivity index (χ2v) is 5.66. The van der Waals surface area contributed by atoms with Crippen molar-refractivity contribution in [2.24, 2.45) is 11.8 Å². The van der Waals surface area contributed by atoms with Crippen molar-refractivity contribution in [2.45, 2.75) is 46.5 Å². The van der Waals surface area contributed by atoms with E-state index in [9.17, 15) is 0 Å². The van der Waals surface area contributed by atoms with E-state index >= 15 is 0 Å². The van der Waals surface area contributed by atoms with E-state index in [0.29, 0.717) is 0 Å². The molecular weight excluding hydrogens is 236 g/mol. The van der Waals surface area contributed by atoms with Crippen LogP contribution in [0.15, 0.2) is 18.2 Å². The Kier molecular flexibility index (Phi) is 6.75. The number of hydrogen-bond acceptors (Lipinski definition) is 2. The van der Waals surface area contributed by atoms with Crippen molar-refractivity contribution >= 4 is 0 Å². The molecule has 0 N–H and O–H groups in total. The van der Waals surface area contributed by atoms with Crippen LogP contribution in [0.25, 0.3) is 0 Å². The Balaban J connectivity index is 2.41. The zero-order chi connectivity index (χ0) is 14.3. The van der Waals surface area contributed by atoms with Crippen LogP contribution in [0.5, 0.6) is 11.5 Å². The van der Waals surface area contributed by atoms with Gasteiger partial charge in [-0.25, -0.2) is 0 Å². The molecule has 0 amide bonds. The molecule has 0 aliphatic carbocycles. The largest absolute Gasteiger partial charge is 0.493 e. The van der Waals surface area contributed by atoms with Gasteiger partial charge in [-0.15, -0.1) is 0 Å². The van der Waals surface area contributed by atoms with Gasteiger partial charge < -0.3 is 9.47 Å². The molecule has 1 unspecified atom stereocenters. The minimum atomic E-state index is 0.793. The SMILES string of the molecule is COc1ccc(CCCCC(C)C(C)C)cc1OC. The van der Waals surface area contributed by atoms with E-state index in [2.05, 4.69) is 32.9 Å². The van der Waals surface area contributed by atoms with E-state index in [1.807, 2.05) is 6.07 Å². The summed E-state index contributed by atoms with van der Waals surface area (Å²) in [6.07, 6.45) is 4.98. The molecule has 1 aromatic carbocycles. The number of rotatable bonds is 8. The van der Waals surface area contributed by atoms with Crippen molar-refractivity contribution in [1.82, 2.24) is 0 Å². The van der Waals surface area contributed by atoms with E-state index < -0.39 is 0 Å². The molecule has 2 heteroatoms. The fraction of sp³-hybridized carbons (Fsp3) is 0.647. The van der Waals surface area contributed by atoms with Crippen molar-refractivity contribution in [3.05, 3.63) is 23.8 Å². The quantitative estimate of drug-likeness (QED) is 0.633. The lowest BCUT2D eigenvalue weighted by Crippen LogP contribution is -2.03. The van der Waals surface area contributed by atoms with Gasteiger partial charge in [0.25, 0.3) is 0 Å². The second-order valence-electron chi connectivity index (χ2n) is 5.66. The Bertz CT molecular complexity index is 372. The minimum Gasteiger partial charge on any atom is -0.493 e. The van der Waals surface area contributed by atoms with Crippen LogP contribution in [-0.4, -0.2) is 14.2 Å². The molecule has 2 nitrogen and oxygen atoms in total. The molecule has 0 spiro atoms. The molecule has 1 aromatic rings. The number of unbranched alkanes of at least 4 members (excludes halogenated alkanes) is 1. The maximum absolute atomic E-state index is 5.33. The van der Waals surface area contributed by atoms with Gasteiger partial charge in [0.15, 0.2) is 11.5 Å². The predicted molar refractivity (Wildman–Crippen MR) is 81.1 cm³/mol. The van der Waals surface area contributed by atoms with Gasteiger partial charge in [-0.05, 0) is 42.4 Å². The number of benzene rings is 1. The molecular formula is C17H28O2. The van der Waals surface area contributed by atoms with Gasteiger partial charge in [0.1, 0.15) is 0 Å². The Labute approximate surface area is 118 Å². The maximum Gasteiger partial charge on any atom is 0.160 e. The third-order valence-electron chi connectivity index (χ3n) is 3.96. The Hall–Kier alpha value is -1.18. The van der Waals surface area contributed by atoms with Gasteiger partial charge in [-0.3, -0.25) is 0 Å². The first-order chi connectivity index (χ1) is 9.08. The van der Waals surface area contributed by atoms with Crippen molar-refractivity contribution < 1.29 is 9.47 Å². The summed E-state index contributed by atoms with van der Waals surface area (Å²) in [5, 5.41) is 0. The van der Waals surface area contributed by atoms with Crippen LogP contribution in [0, 0.1) is 11.8 Å². The lowest BCUT2D eigenvalue weighted by Gasteiger charge is -2.15. The summed E-state index contributed by atoms with van der Waals surface area (Å²) in [4.78, 5) is 0. The first kappa shape index (κ1) is 15.9. The van der Waals surface area contributed by atoms with Crippen LogP contribution in [0.2, 0.25) is 0 Å². The molecule has 0 aliphatic rings. The molecule has 0 heterocycles. The fourth-order valence-electron chi connectivity index (χ4n) is 2.16. The average Bonchev–Trinajstić information content (AvgIpc) is 2.42. The van der Waals surface area contributed by atoms with E-state index in [0.717, 1.165) is 29.8 Å². The van der Waals surface area contributed by atoms with Crippen LogP contribution in [0.3, 0.4) is 0 Å². The van der Waals surface area contributed by atoms with Crippen molar-refractivity contribution in [3.63, 3.8) is 0 Å². The van der Waals surface area contributed by atoms with Crippen molar-refractivity contribution in [2.75, 3.05) is 14.2 Å². The Morgan fingerprint density at radius 3 is 2.21 bits per heavy atom. The fourth-order valence-corrected chi connectivity index (χ4v) is 2.16. The van der Waals surface area contributed by atoms with Crippen molar-refractivity contribution in [1.29, 1.82) is 0 Å². The summed E-state index contributed by atoms with van der Waals surface area (Å²) in [6, 6.07) is 6.21. The summed E-state index contributed by atoms with van der Waals surface area (Å²) in [7, 11) is 3.36. The third kappa shape index (κ3) is 5.14. The highest BCUT2D eigenvalue weighted by molar-refractivity contribution is 5.42. The molecule has 0 fully saturated rings. The van der Waals surface area contributed by atoms with E-state index in [-0.39, 0.29) is 0 Å². The lowest BCUT2D eigenvalue weighted by atomic mass is 9.92. The molecule has 0 aliphatic heterocycles. The van der Waals surface area contributed by atoms with Crippen LogP contribution in [0.4, 0.5) is 0 Å². The summed E-state index contributed by atoms with van der Waals surface area (Å²) >= 11 is 0. The van der Waals surface area contributed by atoms with Gasteiger partial charge in [0.2, 0.25) is 0 Å². The van der Waals surface area contributed by atoms with Gasteiger partial charge in [0.05, 0.1) is 14.2 Å². The minimum absolute atomic E-state index is 0.793. The molecule has 1 atom stereocenters. The molecule has 0 bridgehead atoms. The number of methoxy groups -OCH3 is 2. The van der Waals surface area contributed by atoms with E-state index in [1.54, 1.807) is 14.2 Å². The van der Waals surface area contributed by atoms with E-state index in [4.69, 9.17) is 9.47 Å². The Morgan fingerprint density at radius 1 is 0.947 bits per heavy atom. The zero-order valence-corrected chi connectivity index (χ0v) is 13.0. The standard InChI is InChI=1S/C17H28O2/c1-13(2)14(3)8-6-7-9-15-10-11-16(18-4)17(12-15)19-5/h10-14H,6-9H2,1-5H3. The monoisotopic (exact) mass is 264 g/mol. The third-order valence-corrected chi connectivity index (χ3v) is 3.96. The van der Waals surface area contributed by atoms with Gasteiger partial charge >= 0.3 is 0 Å². The predicted octanol–water partition coefficient (Wildman–Crippen LogP) is 4.71. The molecule has 0 aromatic heterocycles.